The first-order chi connectivity index (χ1) is 15.2. The second-order valence-corrected chi connectivity index (χ2v) is 8.27. The highest BCUT2D eigenvalue weighted by Gasteiger charge is 2.40. The fraction of sp³-hybridized carbons (Fsp3) is 0.391. The Morgan fingerprint density at radius 1 is 1.06 bits per heavy atom. The zero-order valence-electron chi connectivity index (χ0n) is 17.5. The molecule has 2 aliphatic rings. The standard InChI is InChI=1S/C23H23F3N2O4/c1-22(21(30)27-13-15-6-7-18-19(12-15)32-14-31-18)8-10-28(11-9-22)20(29)16-4-2-3-5-17(16)23(24,25)26/h2-7,12H,8-11,13-14H2,1H3,(H,27,30). The lowest BCUT2D eigenvalue weighted by Crippen LogP contribution is -2.48. The van der Waals surface area contributed by atoms with Gasteiger partial charge in [-0.3, -0.25) is 9.59 Å². The molecule has 2 heterocycles. The molecule has 0 bridgehead atoms. The minimum atomic E-state index is -4.61. The predicted octanol–water partition coefficient (Wildman–Crippen LogP) is 3.99. The van der Waals surface area contributed by atoms with Crippen molar-refractivity contribution in [2.24, 2.45) is 5.41 Å². The van der Waals surface area contributed by atoms with Crippen molar-refractivity contribution in [1.29, 1.82) is 0 Å². The third-order valence-electron chi connectivity index (χ3n) is 6.06. The maximum absolute atomic E-state index is 13.3. The molecular weight excluding hydrogens is 425 g/mol. The molecule has 0 aromatic heterocycles. The van der Waals surface area contributed by atoms with E-state index in [1.165, 1.54) is 23.1 Å². The van der Waals surface area contributed by atoms with Crippen LogP contribution in [0.1, 0.15) is 41.3 Å². The summed E-state index contributed by atoms with van der Waals surface area (Å²) >= 11 is 0. The second-order valence-electron chi connectivity index (χ2n) is 8.27. The molecule has 0 spiro atoms. The van der Waals surface area contributed by atoms with Gasteiger partial charge >= 0.3 is 6.18 Å². The molecule has 1 N–H and O–H groups in total. The van der Waals surface area contributed by atoms with Crippen LogP contribution in [-0.2, 0) is 17.5 Å². The fourth-order valence-electron chi connectivity index (χ4n) is 3.96. The molecule has 4 rings (SSSR count). The van der Waals surface area contributed by atoms with Gasteiger partial charge in [0, 0.05) is 25.0 Å². The van der Waals surface area contributed by atoms with Gasteiger partial charge in [0.15, 0.2) is 11.5 Å². The molecule has 2 aromatic carbocycles. The Morgan fingerprint density at radius 2 is 1.75 bits per heavy atom. The number of ether oxygens (including phenoxy) is 2. The van der Waals surface area contributed by atoms with E-state index in [4.69, 9.17) is 9.47 Å². The molecule has 0 aliphatic carbocycles. The van der Waals surface area contributed by atoms with Gasteiger partial charge in [-0.25, -0.2) is 0 Å². The van der Waals surface area contributed by atoms with Gasteiger partial charge < -0.3 is 19.7 Å². The smallest absolute Gasteiger partial charge is 0.417 e. The highest BCUT2D eigenvalue weighted by Crippen LogP contribution is 2.36. The Hall–Kier alpha value is -3.23. The third-order valence-corrected chi connectivity index (χ3v) is 6.06. The van der Waals surface area contributed by atoms with Crippen LogP contribution >= 0.6 is 0 Å². The SMILES string of the molecule is CC1(C(=O)NCc2ccc3c(c2)OCO3)CCN(C(=O)c2ccccc2C(F)(F)F)CC1. The van der Waals surface area contributed by atoms with Gasteiger partial charge in [-0.2, -0.15) is 13.2 Å². The monoisotopic (exact) mass is 448 g/mol. The van der Waals surface area contributed by atoms with E-state index in [1.54, 1.807) is 6.07 Å². The normalized spacial score (nSPS) is 17.2. The summed E-state index contributed by atoms with van der Waals surface area (Å²) < 4.78 is 50.4. The first-order valence-corrected chi connectivity index (χ1v) is 10.3. The molecule has 0 radical (unpaired) electrons. The van der Waals surface area contributed by atoms with E-state index in [-0.39, 0.29) is 31.4 Å². The largest absolute Gasteiger partial charge is 0.454 e. The molecule has 6 nitrogen and oxygen atoms in total. The molecule has 170 valence electrons. The highest BCUT2D eigenvalue weighted by molar-refractivity contribution is 5.96. The van der Waals surface area contributed by atoms with E-state index in [2.05, 4.69) is 5.32 Å². The molecule has 0 saturated carbocycles. The maximum Gasteiger partial charge on any atom is 0.417 e. The Morgan fingerprint density at radius 3 is 2.47 bits per heavy atom. The first-order valence-electron chi connectivity index (χ1n) is 10.3. The van der Waals surface area contributed by atoms with Crippen molar-refractivity contribution >= 4 is 11.8 Å². The Balaban J connectivity index is 1.36. The number of hydrogen-bond acceptors (Lipinski definition) is 4. The van der Waals surface area contributed by atoms with E-state index in [1.807, 2.05) is 19.1 Å². The molecule has 0 atom stereocenters. The lowest BCUT2D eigenvalue weighted by Gasteiger charge is -2.38. The summed E-state index contributed by atoms with van der Waals surface area (Å²) in [7, 11) is 0. The van der Waals surface area contributed by atoms with Gasteiger partial charge in [-0.1, -0.05) is 25.1 Å². The van der Waals surface area contributed by atoms with Gasteiger partial charge in [0.25, 0.3) is 5.91 Å². The average molecular weight is 448 g/mol. The third kappa shape index (κ3) is 4.37. The zero-order valence-corrected chi connectivity index (χ0v) is 17.5. The molecule has 2 aromatic rings. The minimum absolute atomic E-state index is 0.155. The van der Waals surface area contributed by atoms with Crippen molar-refractivity contribution < 1.29 is 32.2 Å². The van der Waals surface area contributed by atoms with E-state index in [0.717, 1.165) is 11.6 Å². The number of carbonyl (C=O) groups is 2. The molecule has 2 aliphatic heterocycles. The van der Waals surface area contributed by atoms with Gasteiger partial charge in [0.05, 0.1) is 11.1 Å². The number of carbonyl (C=O) groups excluding carboxylic acids is 2. The van der Waals surface area contributed by atoms with Gasteiger partial charge in [-0.15, -0.1) is 0 Å². The Kier molecular flexibility index (Phi) is 5.75. The van der Waals surface area contributed by atoms with Crippen LogP contribution in [0.15, 0.2) is 42.5 Å². The maximum atomic E-state index is 13.3. The van der Waals surface area contributed by atoms with Crippen LogP contribution < -0.4 is 14.8 Å². The molecule has 1 saturated heterocycles. The lowest BCUT2D eigenvalue weighted by molar-refractivity contribution is -0.138. The number of benzene rings is 2. The van der Waals surface area contributed by atoms with Crippen LogP contribution in [0.3, 0.4) is 0 Å². The van der Waals surface area contributed by atoms with Crippen LogP contribution in [-0.4, -0.2) is 36.6 Å². The number of piperidine rings is 1. The molecule has 2 amide bonds. The number of nitrogens with zero attached hydrogens (tertiary/aromatic N) is 1. The van der Waals surface area contributed by atoms with Crippen molar-refractivity contribution in [3.63, 3.8) is 0 Å². The van der Waals surface area contributed by atoms with Crippen molar-refractivity contribution in [2.75, 3.05) is 19.9 Å². The van der Waals surface area contributed by atoms with Crippen molar-refractivity contribution in [2.45, 2.75) is 32.5 Å². The Bertz CT molecular complexity index is 1030. The molecular formula is C23H23F3N2O4. The van der Waals surface area contributed by atoms with Crippen molar-refractivity contribution in [3.05, 3.63) is 59.2 Å². The summed E-state index contributed by atoms with van der Waals surface area (Å²) in [6.07, 6.45) is -3.88. The molecule has 1 fully saturated rings. The minimum Gasteiger partial charge on any atom is -0.454 e. The van der Waals surface area contributed by atoms with Crippen molar-refractivity contribution in [1.82, 2.24) is 10.2 Å². The van der Waals surface area contributed by atoms with Crippen LogP contribution in [0.4, 0.5) is 13.2 Å². The molecule has 0 unspecified atom stereocenters. The number of rotatable bonds is 4. The predicted molar refractivity (Wildman–Crippen MR) is 109 cm³/mol. The quantitative estimate of drug-likeness (QED) is 0.768. The summed E-state index contributed by atoms with van der Waals surface area (Å²) in [5, 5.41) is 2.92. The van der Waals surface area contributed by atoms with E-state index in [0.29, 0.717) is 30.9 Å². The van der Waals surface area contributed by atoms with Gasteiger partial charge in [-0.05, 0) is 42.7 Å². The lowest BCUT2D eigenvalue weighted by atomic mass is 9.79. The number of hydrogen-bond donors (Lipinski definition) is 1. The summed E-state index contributed by atoms with van der Waals surface area (Å²) in [6, 6.07) is 10.2. The number of fused-ring (bicyclic) bond motifs is 1. The first kappa shape index (κ1) is 22.0. The number of alkyl halides is 3. The van der Waals surface area contributed by atoms with Gasteiger partial charge in [0.2, 0.25) is 12.7 Å². The average Bonchev–Trinajstić information content (AvgIpc) is 3.25. The summed E-state index contributed by atoms with van der Waals surface area (Å²) in [5.41, 5.74) is -1.16. The van der Waals surface area contributed by atoms with Gasteiger partial charge in [0.1, 0.15) is 0 Å². The Labute approximate surface area is 183 Å². The van der Waals surface area contributed by atoms with E-state index < -0.39 is 23.1 Å². The molecule has 9 heteroatoms. The summed E-state index contributed by atoms with van der Waals surface area (Å²) in [5.74, 6) is 0.476. The summed E-state index contributed by atoms with van der Waals surface area (Å²) in [4.78, 5) is 27.0. The van der Waals surface area contributed by atoms with E-state index in [9.17, 15) is 22.8 Å². The van der Waals surface area contributed by atoms with Crippen LogP contribution in [0, 0.1) is 5.41 Å². The molecule has 32 heavy (non-hydrogen) atoms. The highest BCUT2D eigenvalue weighted by atomic mass is 19.4. The number of halogens is 3. The van der Waals surface area contributed by atoms with E-state index >= 15 is 0 Å². The number of amides is 2. The van der Waals surface area contributed by atoms with Crippen LogP contribution in [0.2, 0.25) is 0 Å². The number of likely N-dealkylation sites (tertiary alicyclic amines) is 1. The number of nitrogens with one attached hydrogen (secondary N) is 1. The van der Waals surface area contributed by atoms with Crippen molar-refractivity contribution in [3.8, 4) is 11.5 Å². The second kappa shape index (κ2) is 8.37. The van der Waals surface area contributed by atoms with Crippen LogP contribution in [0.5, 0.6) is 11.5 Å². The summed E-state index contributed by atoms with van der Waals surface area (Å²) in [6.45, 7) is 2.71. The zero-order chi connectivity index (χ0) is 22.9. The fourth-order valence-corrected chi connectivity index (χ4v) is 3.96. The van der Waals surface area contributed by atoms with Crippen LogP contribution in [0.25, 0.3) is 0 Å². The topological polar surface area (TPSA) is 67.9 Å².